The summed E-state index contributed by atoms with van der Waals surface area (Å²) in [7, 11) is 0. The van der Waals surface area contributed by atoms with E-state index in [0.717, 1.165) is 31.7 Å². The molecule has 10 heteroatoms. The summed E-state index contributed by atoms with van der Waals surface area (Å²) >= 11 is 0. The number of ether oxygens (including phenoxy) is 1. The number of carbonyl (C=O) groups is 1. The molecule has 2 aliphatic rings. The third-order valence-electron chi connectivity index (χ3n) is 5.55. The molecule has 0 atom stereocenters. The van der Waals surface area contributed by atoms with Crippen molar-refractivity contribution in [3.8, 4) is 11.3 Å². The first-order chi connectivity index (χ1) is 15.2. The highest BCUT2D eigenvalue weighted by molar-refractivity contribution is 5.95. The van der Waals surface area contributed by atoms with E-state index in [1.54, 1.807) is 6.20 Å². The topological polar surface area (TPSA) is 122 Å². The van der Waals surface area contributed by atoms with Crippen LogP contribution >= 0.6 is 0 Å². The number of anilines is 2. The first kappa shape index (κ1) is 19.6. The molecule has 4 heterocycles. The van der Waals surface area contributed by atoms with E-state index in [1.165, 1.54) is 0 Å². The minimum absolute atomic E-state index is 0.0520. The molecule has 2 saturated heterocycles. The summed E-state index contributed by atoms with van der Waals surface area (Å²) in [5, 5.41) is 3.26. The maximum atomic E-state index is 12.7. The number of fused-ring (bicyclic) bond motifs is 1. The van der Waals surface area contributed by atoms with Gasteiger partial charge in [0.2, 0.25) is 5.95 Å². The Labute approximate surface area is 179 Å². The van der Waals surface area contributed by atoms with Crippen LogP contribution in [-0.4, -0.2) is 83.2 Å². The predicted molar refractivity (Wildman–Crippen MR) is 117 cm³/mol. The van der Waals surface area contributed by atoms with Crippen molar-refractivity contribution in [1.29, 1.82) is 0 Å². The summed E-state index contributed by atoms with van der Waals surface area (Å²) in [6.45, 7) is 5.78. The van der Waals surface area contributed by atoms with Gasteiger partial charge in [0.1, 0.15) is 0 Å². The number of nitrogens with one attached hydrogen (secondary N) is 1. The van der Waals surface area contributed by atoms with Gasteiger partial charge in [0.25, 0.3) is 5.91 Å². The second-order valence-corrected chi connectivity index (χ2v) is 7.55. The van der Waals surface area contributed by atoms with Crippen LogP contribution in [0.2, 0.25) is 0 Å². The zero-order chi connectivity index (χ0) is 21.2. The van der Waals surface area contributed by atoms with Crippen molar-refractivity contribution >= 4 is 28.8 Å². The maximum Gasteiger partial charge on any atom is 0.253 e. The van der Waals surface area contributed by atoms with Gasteiger partial charge in [0.15, 0.2) is 17.0 Å². The smallest absolute Gasteiger partial charge is 0.253 e. The third-order valence-corrected chi connectivity index (χ3v) is 5.55. The Morgan fingerprint density at radius 3 is 2.48 bits per heavy atom. The monoisotopic (exact) mass is 420 g/mol. The number of nitrogens with two attached hydrogens (primary N) is 1. The van der Waals surface area contributed by atoms with Crippen molar-refractivity contribution in [3.63, 3.8) is 0 Å². The SMILES string of the molecule is Nc1nc(N2CCOCC2)c2nc(-c3ccc(C(=O)N4CCNCC4)cc3)cnc2n1. The van der Waals surface area contributed by atoms with Crippen LogP contribution in [0.15, 0.2) is 30.5 Å². The average Bonchev–Trinajstić information content (AvgIpc) is 2.84. The minimum atomic E-state index is 0.0520. The standard InChI is InChI=1S/C21H24N8O2/c22-21-26-18-17(19(27-21)28-9-11-31-12-10-28)25-16(13-24-18)14-1-3-15(4-2-14)20(30)29-7-5-23-6-8-29/h1-4,13,23H,5-12H2,(H2,22,24,26,27). The number of benzene rings is 1. The van der Waals surface area contributed by atoms with Crippen molar-refractivity contribution < 1.29 is 9.53 Å². The molecular weight excluding hydrogens is 396 g/mol. The van der Waals surface area contributed by atoms with E-state index in [9.17, 15) is 4.79 Å². The summed E-state index contributed by atoms with van der Waals surface area (Å²) in [6.07, 6.45) is 1.67. The molecule has 0 bridgehead atoms. The van der Waals surface area contributed by atoms with Crippen LogP contribution in [0.1, 0.15) is 10.4 Å². The number of hydrogen-bond donors (Lipinski definition) is 2. The molecule has 3 N–H and O–H groups in total. The molecule has 3 aromatic rings. The summed E-state index contributed by atoms with van der Waals surface area (Å²) in [4.78, 5) is 34.6. The number of rotatable bonds is 3. The zero-order valence-electron chi connectivity index (χ0n) is 17.1. The fraction of sp³-hybridized carbons (Fsp3) is 0.381. The molecule has 10 nitrogen and oxygen atoms in total. The summed E-state index contributed by atoms with van der Waals surface area (Å²) in [6, 6.07) is 7.48. The van der Waals surface area contributed by atoms with Crippen LogP contribution in [-0.2, 0) is 4.74 Å². The van der Waals surface area contributed by atoms with Gasteiger partial charge >= 0.3 is 0 Å². The van der Waals surface area contributed by atoms with Gasteiger partial charge in [-0.2, -0.15) is 9.97 Å². The highest BCUT2D eigenvalue weighted by atomic mass is 16.5. The van der Waals surface area contributed by atoms with E-state index >= 15 is 0 Å². The summed E-state index contributed by atoms with van der Waals surface area (Å²) in [5.74, 6) is 0.897. The molecule has 0 aliphatic carbocycles. The fourth-order valence-corrected chi connectivity index (χ4v) is 3.88. The number of aromatic nitrogens is 4. The van der Waals surface area contributed by atoms with Crippen LogP contribution in [0, 0.1) is 0 Å². The van der Waals surface area contributed by atoms with Crippen molar-refractivity contribution in [2.45, 2.75) is 0 Å². The molecule has 0 spiro atoms. The Kier molecular flexibility index (Phi) is 5.31. The number of hydrogen-bond acceptors (Lipinski definition) is 9. The highest BCUT2D eigenvalue weighted by Crippen LogP contribution is 2.26. The Hall–Kier alpha value is -3.37. The molecular formula is C21H24N8O2. The van der Waals surface area contributed by atoms with Gasteiger partial charge in [-0.15, -0.1) is 0 Å². The number of amides is 1. The predicted octanol–water partition coefficient (Wildman–Crippen LogP) is 0.551. The number of morpholine rings is 1. The normalized spacial score (nSPS) is 17.2. The maximum absolute atomic E-state index is 12.7. The van der Waals surface area contributed by atoms with E-state index in [1.807, 2.05) is 29.2 Å². The van der Waals surface area contributed by atoms with Crippen molar-refractivity contribution in [1.82, 2.24) is 30.2 Å². The zero-order valence-corrected chi connectivity index (χ0v) is 17.1. The second kappa shape index (κ2) is 8.40. The Morgan fingerprint density at radius 1 is 1.00 bits per heavy atom. The second-order valence-electron chi connectivity index (χ2n) is 7.55. The van der Waals surface area contributed by atoms with Gasteiger partial charge in [-0.1, -0.05) is 12.1 Å². The molecule has 1 aromatic carbocycles. The average molecular weight is 420 g/mol. The molecule has 31 heavy (non-hydrogen) atoms. The number of piperazine rings is 1. The molecule has 0 radical (unpaired) electrons. The van der Waals surface area contributed by atoms with Gasteiger partial charge in [-0.25, -0.2) is 9.97 Å². The lowest BCUT2D eigenvalue weighted by Crippen LogP contribution is -2.46. The van der Waals surface area contributed by atoms with Gasteiger partial charge < -0.3 is 25.6 Å². The van der Waals surface area contributed by atoms with Crippen LogP contribution in [0.3, 0.4) is 0 Å². The quantitative estimate of drug-likeness (QED) is 0.625. The lowest BCUT2D eigenvalue weighted by Gasteiger charge is -2.28. The fourth-order valence-electron chi connectivity index (χ4n) is 3.88. The summed E-state index contributed by atoms with van der Waals surface area (Å²) in [5.41, 5.74) is 9.20. The number of nitrogen functional groups attached to an aromatic ring is 1. The molecule has 5 rings (SSSR count). The molecule has 2 aliphatic heterocycles. The molecule has 160 valence electrons. The largest absolute Gasteiger partial charge is 0.378 e. The van der Waals surface area contributed by atoms with E-state index in [4.69, 9.17) is 15.5 Å². The first-order valence-corrected chi connectivity index (χ1v) is 10.4. The van der Waals surface area contributed by atoms with Crippen molar-refractivity contribution in [2.75, 3.05) is 63.1 Å². The van der Waals surface area contributed by atoms with Crippen molar-refractivity contribution in [2.24, 2.45) is 0 Å². The minimum Gasteiger partial charge on any atom is -0.378 e. The third kappa shape index (κ3) is 3.99. The van der Waals surface area contributed by atoms with Crippen LogP contribution in [0.25, 0.3) is 22.4 Å². The Morgan fingerprint density at radius 2 is 1.74 bits per heavy atom. The van der Waals surface area contributed by atoms with Crippen LogP contribution in [0.4, 0.5) is 11.8 Å². The lowest BCUT2D eigenvalue weighted by molar-refractivity contribution is 0.0736. The van der Waals surface area contributed by atoms with Gasteiger partial charge in [0, 0.05) is 50.4 Å². The van der Waals surface area contributed by atoms with Gasteiger partial charge in [-0.05, 0) is 12.1 Å². The molecule has 1 amide bonds. The van der Waals surface area contributed by atoms with E-state index in [2.05, 4.69) is 25.2 Å². The molecule has 2 aromatic heterocycles. The van der Waals surface area contributed by atoms with Gasteiger partial charge in [0.05, 0.1) is 25.1 Å². The first-order valence-electron chi connectivity index (χ1n) is 10.4. The number of carbonyl (C=O) groups excluding carboxylic acids is 1. The highest BCUT2D eigenvalue weighted by Gasteiger charge is 2.20. The lowest BCUT2D eigenvalue weighted by atomic mass is 10.1. The van der Waals surface area contributed by atoms with Crippen LogP contribution < -0.4 is 16.0 Å². The summed E-state index contributed by atoms with van der Waals surface area (Å²) < 4.78 is 5.44. The molecule has 2 fully saturated rings. The van der Waals surface area contributed by atoms with Crippen molar-refractivity contribution in [3.05, 3.63) is 36.0 Å². The van der Waals surface area contributed by atoms with E-state index < -0.39 is 0 Å². The van der Waals surface area contributed by atoms with Gasteiger partial charge in [-0.3, -0.25) is 4.79 Å². The molecule has 0 unspecified atom stereocenters. The van der Waals surface area contributed by atoms with E-state index in [-0.39, 0.29) is 11.9 Å². The number of nitrogens with zero attached hydrogens (tertiary/aromatic N) is 6. The van der Waals surface area contributed by atoms with E-state index in [0.29, 0.717) is 54.5 Å². The van der Waals surface area contributed by atoms with Crippen LogP contribution in [0.5, 0.6) is 0 Å². The molecule has 0 saturated carbocycles. The Balaban J connectivity index is 1.46. The Bertz CT molecular complexity index is 1090.